The van der Waals surface area contributed by atoms with Gasteiger partial charge in [0.15, 0.2) is 5.82 Å². The molecule has 1 aliphatic rings. The van der Waals surface area contributed by atoms with Crippen LogP contribution < -0.4 is 0 Å². The van der Waals surface area contributed by atoms with E-state index in [0.29, 0.717) is 17.4 Å². The van der Waals surface area contributed by atoms with E-state index < -0.39 is 0 Å². The summed E-state index contributed by atoms with van der Waals surface area (Å²) in [5.41, 5.74) is 1.79. The van der Waals surface area contributed by atoms with E-state index >= 15 is 0 Å². The molecule has 0 spiro atoms. The van der Waals surface area contributed by atoms with E-state index in [9.17, 15) is 4.39 Å². The summed E-state index contributed by atoms with van der Waals surface area (Å²) in [6.07, 6.45) is 0. The first-order valence-electron chi connectivity index (χ1n) is 10.5. The Bertz CT molecular complexity index is 1020. The molecular weight excluding hydrogens is 397 g/mol. The van der Waals surface area contributed by atoms with E-state index in [2.05, 4.69) is 23.6 Å². The molecule has 2 aromatic carbocycles. The molecule has 5 nitrogen and oxygen atoms in total. The zero-order valence-corrected chi connectivity index (χ0v) is 18.4. The van der Waals surface area contributed by atoms with Gasteiger partial charge in [0.25, 0.3) is 0 Å². The lowest BCUT2D eigenvalue weighted by Gasteiger charge is -2.35. The van der Waals surface area contributed by atoms with Gasteiger partial charge in [-0.2, -0.15) is 0 Å². The minimum absolute atomic E-state index is 0.266. The summed E-state index contributed by atoms with van der Waals surface area (Å²) in [5.74, 6) is 1.19. The molecule has 0 radical (unpaired) electrons. The van der Waals surface area contributed by atoms with Crippen LogP contribution in [-0.2, 0) is 6.67 Å². The van der Waals surface area contributed by atoms with E-state index in [-0.39, 0.29) is 5.82 Å². The molecule has 4 rings (SSSR count). The molecule has 1 aromatic heterocycles. The van der Waals surface area contributed by atoms with E-state index in [0.717, 1.165) is 49.8 Å². The highest BCUT2D eigenvalue weighted by molar-refractivity contribution is 7.71. The second kappa shape index (κ2) is 9.20. The Morgan fingerprint density at radius 1 is 0.933 bits per heavy atom. The van der Waals surface area contributed by atoms with Gasteiger partial charge in [-0.15, -0.1) is 5.10 Å². The lowest BCUT2D eigenvalue weighted by atomic mass is 10.2. The first-order chi connectivity index (χ1) is 14.5. The first-order valence-corrected chi connectivity index (χ1v) is 10.9. The van der Waals surface area contributed by atoms with Crippen LogP contribution in [0.25, 0.3) is 17.1 Å². The van der Waals surface area contributed by atoms with E-state index in [1.54, 1.807) is 12.1 Å². The molecule has 3 aromatic rings. The van der Waals surface area contributed by atoms with Crippen molar-refractivity contribution in [2.24, 2.45) is 5.92 Å². The highest BCUT2D eigenvalue weighted by atomic mass is 32.1. The zero-order valence-electron chi connectivity index (χ0n) is 17.5. The summed E-state index contributed by atoms with van der Waals surface area (Å²) >= 11 is 5.81. The SMILES string of the molecule is CC(C)CN1CCN(Cn2nc(-c3ccccc3)n(-c3ccc(F)cc3)c2=S)CC1. The molecule has 0 unspecified atom stereocenters. The number of benzene rings is 2. The average molecular weight is 426 g/mol. The maximum Gasteiger partial charge on any atom is 0.204 e. The number of hydrogen-bond acceptors (Lipinski definition) is 4. The Kier molecular flexibility index (Phi) is 6.41. The predicted octanol–water partition coefficient (Wildman–Crippen LogP) is 4.44. The fraction of sp³-hybridized carbons (Fsp3) is 0.391. The van der Waals surface area contributed by atoms with Gasteiger partial charge in [-0.25, -0.2) is 9.07 Å². The quantitative estimate of drug-likeness (QED) is 0.546. The van der Waals surface area contributed by atoms with Crippen molar-refractivity contribution in [3.05, 3.63) is 65.2 Å². The molecule has 0 atom stereocenters. The topological polar surface area (TPSA) is 29.2 Å². The molecule has 0 aliphatic carbocycles. The monoisotopic (exact) mass is 425 g/mol. The predicted molar refractivity (Wildman–Crippen MR) is 121 cm³/mol. The second-order valence-corrected chi connectivity index (χ2v) is 8.60. The molecule has 2 heterocycles. The van der Waals surface area contributed by atoms with Gasteiger partial charge >= 0.3 is 0 Å². The number of rotatable bonds is 6. The summed E-state index contributed by atoms with van der Waals surface area (Å²) in [6.45, 7) is 10.5. The lowest BCUT2D eigenvalue weighted by Crippen LogP contribution is -2.47. The van der Waals surface area contributed by atoms with Gasteiger partial charge in [0, 0.05) is 38.3 Å². The first kappa shape index (κ1) is 20.9. The number of piperazine rings is 1. The normalized spacial score (nSPS) is 15.7. The third-order valence-electron chi connectivity index (χ3n) is 5.38. The van der Waals surface area contributed by atoms with Crippen molar-refractivity contribution in [1.82, 2.24) is 24.1 Å². The smallest absolute Gasteiger partial charge is 0.204 e. The van der Waals surface area contributed by atoms with Gasteiger partial charge in [-0.3, -0.25) is 9.47 Å². The third kappa shape index (κ3) is 4.69. The van der Waals surface area contributed by atoms with E-state index in [4.69, 9.17) is 17.3 Å². The molecule has 0 saturated carbocycles. The fourth-order valence-corrected chi connectivity index (χ4v) is 4.21. The lowest BCUT2D eigenvalue weighted by molar-refractivity contribution is 0.0951. The van der Waals surface area contributed by atoms with Crippen LogP contribution in [0.2, 0.25) is 0 Å². The van der Waals surface area contributed by atoms with Crippen LogP contribution in [0.5, 0.6) is 0 Å². The van der Waals surface area contributed by atoms with E-state index in [1.165, 1.54) is 12.1 Å². The van der Waals surface area contributed by atoms with Crippen LogP contribution in [-0.4, -0.2) is 56.9 Å². The van der Waals surface area contributed by atoms with Gasteiger partial charge in [-0.1, -0.05) is 44.2 Å². The third-order valence-corrected chi connectivity index (χ3v) is 5.77. The van der Waals surface area contributed by atoms with Gasteiger partial charge in [0.1, 0.15) is 5.82 Å². The molecule has 158 valence electrons. The van der Waals surface area contributed by atoms with Crippen molar-refractivity contribution >= 4 is 12.2 Å². The molecule has 1 saturated heterocycles. The van der Waals surface area contributed by atoms with Gasteiger partial charge < -0.3 is 4.90 Å². The summed E-state index contributed by atoms with van der Waals surface area (Å²) in [6, 6.07) is 16.4. The summed E-state index contributed by atoms with van der Waals surface area (Å²) in [7, 11) is 0. The van der Waals surface area contributed by atoms with Crippen molar-refractivity contribution in [1.29, 1.82) is 0 Å². The number of aromatic nitrogens is 3. The molecule has 30 heavy (non-hydrogen) atoms. The molecule has 0 amide bonds. The molecule has 0 bridgehead atoms. The van der Waals surface area contributed by atoms with Crippen molar-refractivity contribution < 1.29 is 4.39 Å². The molecule has 7 heteroatoms. The Labute approximate surface area is 182 Å². The van der Waals surface area contributed by atoms with Gasteiger partial charge in [0.2, 0.25) is 4.77 Å². The van der Waals surface area contributed by atoms with Gasteiger partial charge in [0.05, 0.1) is 12.4 Å². The van der Waals surface area contributed by atoms with Crippen molar-refractivity contribution in [2.45, 2.75) is 20.5 Å². The summed E-state index contributed by atoms with van der Waals surface area (Å²) < 4.78 is 17.9. The van der Waals surface area contributed by atoms with E-state index in [1.807, 2.05) is 39.6 Å². The minimum Gasteiger partial charge on any atom is -0.301 e. The fourth-order valence-electron chi connectivity index (χ4n) is 3.92. The molecule has 0 N–H and O–H groups in total. The van der Waals surface area contributed by atoms with Crippen LogP contribution in [0.15, 0.2) is 54.6 Å². The number of halogens is 1. The number of nitrogens with zero attached hydrogens (tertiary/aromatic N) is 5. The summed E-state index contributed by atoms with van der Waals surface area (Å²) in [5, 5.41) is 4.87. The Morgan fingerprint density at radius 3 is 2.20 bits per heavy atom. The standard InChI is InChI=1S/C23H28FN5S/c1-18(2)16-26-12-14-27(15-13-26)17-28-23(30)29(21-10-8-20(24)9-11-21)22(25-28)19-6-4-3-5-7-19/h3-11,18H,12-17H2,1-2H3. The van der Waals surface area contributed by atoms with Crippen LogP contribution in [0.3, 0.4) is 0 Å². The van der Waals surface area contributed by atoms with Crippen molar-refractivity contribution in [3.8, 4) is 17.1 Å². The van der Waals surface area contributed by atoms with Crippen molar-refractivity contribution in [2.75, 3.05) is 32.7 Å². The second-order valence-electron chi connectivity index (χ2n) is 8.24. The molecule has 1 fully saturated rings. The van der Waals surface area contributed by atoms with Crippen LogP contribution in [0.1, 0.15) is 13.8 Å². The van der Waals surface area contributed by atoms with Crippen molar-refractivity contribution in [3.63, 3.8) is 0 Å². The van der Waals surface area contributed by atoms with Crippen LogP contribution >= 0.6 is 12.2 Å². The zero-order chi connectivity index (χ0) is 21.1. The Hall–Kier alpha value is -2.35. The summed E-state index contributed by atoms with van der Waals surface area (Å²) in [4.78, 5) is 4.91. The minimum atomic E-state index is -0.266. The highest BCUT2D eigenvalue weighted by Crippen LogP contribution is 2.23. The molecule has 1 aliphatic heterocycles. The maximum absolute atomic E-state index is 13.5. The largest absolute Gasteiger partial charge is 0.301 e. The van der Waals surface area contributed by atoms with Crippen LogP contribution in [0, 0.1) is 16.5 Å². The maximum atomic E-state index is 13.5. The molecular formula is C23H28FN5S. The van der Waals surface area contributed by atoms with Crippen LogP contribution in [0.4, 0.5) is 4.39 Å². The van der Waals surface area contributed by atoms with Gasteiger partial charge in [-0.05, 0) is 42.4 Å². The number of hydrogen-bond donors (Lipinski definition) is 0. The Morgan fingerprint density at radius 2 is 1.57 bits per heavy atom. The highest BCUT2D eigenvalue weighted by Gasteiger charge is 2.20. The average Bonchev–Trinajstić information content (AvgIpc) is 3.06. The Balaban J connectivity index is 1.62.